The highest BCUT2D eigenvalue weighted by atomic mass is 32.2. The van der Waals surface area contributed by atoms with Crippen LogP contribution in [-0.2, 0) is 0 Å². The number of rotatable bonds is 5. The Kier molecular flexibility index (Phi) is 4.93. The number of benzene rings is 1. The van der Waals surface area contributed by atoms with Crippen molar-refractivity contribution in [3.8, 4) is 0 Å². The number of nitrogens with zero attached hydrogens (tertiary/aromatic N) is 3. The van der Waals surface area contributed by atoms with Crippen LogP contribution in [0.1, 0.15) is 6.42 Å². The Morgan fingerprint density at radius 2 is 2.20 bits per heavy atom. The Bertz CT molecular complexity index is 378. The van der Waals surface area contributed by atoms with E-state index in [0.29, 0.717) is 23.6 Å². The van der Waals surface area contributed by atoms with Crippen molar-refractivity contribution in [2.24, 2.45) is 5.11 Å². The minimum atomic E-state index is -0.578. The Morgan fingerprint density at radius 3 is 2.87 bits per heavy atom. The normalized spacial score (nSPS) is 9.73. The van der Waals surface area contributed by atoms with Gasteiger partial charge in [0.05, 0.1) is 0 Å². The second-order valence-electron chi connectivity index (χ2n) is 2.73. The fourth-order valence-corrected chi connectivity index (χ4v) is 1.81. The summed E-state index contributed by atoms with van der Waals surface area (Å²) >= 11 is 1.28. The van der Waals surface area contributed by atoms with Crippen LogP contribution in [0.3, 0.4) is 0 Å². The molecule has 1 rings (SSSR count). The van der Waals surface area contributed by atoms with Gasteiger partial charge in [-0.05, 0) is 29.8 Å². The maximum absolute atomic E-state index is 13.1. The SMILES string of the molecule is [N-]=[N+]=NCCCSc1ccc(F)cc1F. The molecule has 0 aliphatic rings. The van der Waals surface area contributed by atoms with E-state index >= 15 is 0 Å². The fraction of sp³-hybridized carbons (Fsp3) is 0.333. The molecule has 15 heavy (non-hydrogen) atoms. The van der Waals surface area contributed by atoms with Crippen molar-refractivity contribution in [3.63, 3.8) is 0 Å². The Morgan fingerprint density at radius 1 is 1.40 bits per heavy atom. The van der Waals surface area contributed by atoms with E-state index in [1.807, 2.05) is 0 Å². The van der Waals surface area contributed by atoms with Crippen LogP contribution >= 0.6 is 11.8 Å². The zero-order valence-corrected chi connectivity index (χ0v) is 8.68. The molecular weight excluding hydrogens is 220 g/mol. The van der Waals surface area contributed by atoms with Gasteiger partial charge in [0.15, 0.2) is 0 Å². The molecule has 0 heterocycles. The van der Waals surface area contributed by atoms with E-state index in [1.54, 1.807) is 0 Å². The molecular formula is C9H9F2N3S. The Balaban J connectivity index is 2.40. The number of halogens is 2. The van der Waals surface area contributed by atoms with Crippen LogP contribution in [0.4, 0.5) is 8.78 Å². The van der Waals surface area contributed by atoms with E-state index in [-0.39, 0.29) is 0 Å². The summed E-state index contributed by atoms with van der Waals surface area (Å²) in [5.74, 6) is -0.489. The molecule has 1 aromatic rings. The minimum Gasteiger partial charge on any atom is -0.207 e. The average Bonchev–Trinajstić information content (AvgIpc) is 2.20. The van der Waals surface area contributed by atoms with Crippen molar-refractivity contribution < 1.29 is 8.78 Å². The van der Waals surface area contributed by atoms with Crippen LogP contribution in [-0.4, -0.2) is 12.3 Å². The highest BCUT2D eigenvalue weighted by Crippen LogP contribution is 2.22. The van der Waals surface area contributed by atoms with Gasteiger partial charge in [0, 0.05) is 22.4 Å². The van der Waals surface area contributed by atoms with Crippen LogP contribution < -0.4 is 0 Å². The van der Waals surface area contributed by atoms with E-state index < -0.39 is 11.6 Å². The van der Waals surface area contributed by atoms with E-state index in [0.717, 1.165) is 6.07 Å². The second-order valence-corrected chi connectivity index (χ2v) is 3.87. The van der Waals surface area contributed by atoms with Crippen molar-refractivity contribution in [2.75, 3.05) is 12.3 Å². The van der Waals surface area contributed by atoms with Gasteiger partial charge in [-0.15, -0.1) is 11.8 Å². The first kappa shape index (κ1) is 11.8. The van der Waals surface area contributed by atoms with Gasteiger partial charge in [-0.3, -0.25) is 0 Å². The van der Waals surface area contributed by atoms with Crippen molar-refractivity contribution in [1.82, 2.24) is 0 Å². The van der Waals surface area contributed by atoms with E-state index in [2.05, 4.69) is 10.0 Å². The van der Waals surface area contributed by atoms with Gasteiger partial charge in [-0.1, -0.05) is 5.11 Å². The third kappa shape index (κ3) is 4.18. The summed E-state index contributed by atoms with van der Waals surface area (Å²) in [4.78, 5) is 3.02. The average molecular weight is 229 g/mol. The predicted octanol–water partition coefficient (Wildman–Crippen LogP) is 3.76. The van der Waals surface area contributed by atoms with Gasteiger partial charge in [-0.2, -0.15) is 0 Å². The summed E-state index contributed by atoms with van der Waals surface area (Å²) in [6.07, 6.45) is 0.672. The maximum atomic E-state index is 13.1. The molecule has 0 fully saturated rings. The maximum Gasteiger partial charge on any atom is 0.139 e. The molecule has 0 aromatic heterocycles. The van der Waals surface area contributed by atoms with Crippen molar-refractivity contribution in [3.05, 3.63) is 40.3 Å². The second kappa shape index (κ2) is 6.27. The molecule has 0 aliphatic carbocycles. The topological polar surface area (TPSA) is 48.8 Å². The van der Waals surface area contributed by atoms with Gasteiger partial charge in [0.2, 0.25) is 0 Å². The lowest BCUT2D eigenvalue weighted by Crippen LogP contribution is -1.87. The first-order valence-electron chi connectivity index (χ1n) is 4.33. The molecule has 0 radical (unpaired) electrons. The van der Waals surface area contributed by atoms with Crippen molar-refractivity contribution in [1.29, 1.82) is 0 Å². The lowest BCUT2D eigenvalue weighted by molar-refractivity contribution is 0.565. The molecule has 0 N–H and O–H groups in total. The van der Waals surface area contributed by atoms with Gasteiger partial charge < -0.3 is 0 Å². The van der Waals surface area contributed by atoms with Crippen LogP contribution in [0.15, 0.2) is 28.2 Å². The summed E-state index contributed by atoms with van der Waals surface area (Å²) in [6.45, 7) is 0.395. The molecule has 1 aromatic carbocycles. The molecule has 0 amide bonds. The zero-order chi connectivity index (χ0) is 11.1. The molecule has 0 saturated carbocycles. The third-order valence-corrected chi connectivity index (χ3v) is 2.75. The molecule has 0 spiro atoms. The summed E-state index contributed by atoms with van der Waals surface area (Å²) in [5, 5.41) is 3.35. The van der Waals surface area contributed by atoms with Crippen LogP contribution in [0.2, 0.25) is 0 Å². The fourth-order valence-electron chi connectivity index (χ4n) is 0.954. The van der Waals surface area contributed by atoms with E-state index in [9.17, 15) is 8.78 Å². The first-order valence-corrected chi connectivity index (χ1v) is 5.31. The molecule has 3 nitrogen and oxygen atoms in total. The molecule has 0 atom stereocenters. The third-order valence-electron chi connectivity index (χ3n) is 1.62. The van der Waals surface area contributed by atoms with Crippen LogP contribution in [0.5, 0.6) is 0 Å². The molecule has 0 bridgehead atoms. The van der Waals surface area contributed by atoms with Gasteiger partial charge in [0.25, 0.3) is 0 Å². The smallest absolute Gasteiger partial charge is 0.139 e. The Hall–Kier alpha value is -1.26. The Labute approximate surface area is 90.1 Å². The van der Waals surface area contributed by atoms with Crippen molar-refractivity contribution in [2.45, 2.75) is 11.3 Å². The highest BCUT2D eigenvalue weighted by Gasteiger charge is 2.03. The standard InChI is InChI=1S/C9H9F2N3S/c10-7-2-3-9(8(11)6-7)15-5-1-4-13-14-12/h2-3,6H,1,4-5H2. The lowest BCUT2D eigenvalue weighted by atomic mass is 10.3. The summed E-state index contributed by atoms with van der Waals surface area (Å²) in [7, 11) is 0. The molecule has 6 heteroatoms. The number of hydrogen-bond donors (Lipinski definition) is 0. The highest BCUT2D eigenvalue weighted by molar-refractivity contribution is 7.99. The monoisotopic (exact) mass is 229 g/mol. The lowest BCUT2D eigenvalue weighted by Gasteiger charge is -2.01. The quantitative estimate of drug-likeness (QED) is 0.249. The summed E-state index contributed by atoms with van der Waals surface area (Å²) in [5.41, 5.74) is 8.01. The molecule has 0 aliphatic heterocycles. The number of thioether (sulfide) groups is 1. The first-order chi connectivity index (χ1) is 7.24. The largest absolute Gasteiger partial charge is 0.207 e. The summed E-state index contributed by atoms with van der Waals surface area (Å²) in [6, 6.07) is 3.48. The molecule has 0 saturated heterocycles. The van der Waals surface area contributed by atoms with Gasteiger partial charge in [0.1, 0.15) is 11.6 Å². The van der Waals surface area contributed by atoms with Crippen molar-refractivity contribution >= 4 is 11.8 Å². The van der Waals surface area contributed by atoms with Crippen LogP contribution in [0, 0.1) is 11.6 Å². The number of hydrogen-bond acceptors (Lipinski definition) is 2. The van der Waals surface area contributed by atoms with Gasteiger partial charge in [-0.25, -0.2) is 8.78 Å². The predicted molar refractivity (Wildman–Crippen MR) is 55.7 cm³/mol. The minimum absolute atomic E-state index is 0.395. The van der Waals surface area contributed by atoms with Crippen LogP contribution in [0.25, 0.3) is 10.4 Å². The van der Waals surface area contributed by atoms with E-state index in [1.165, 1.54) is 23.9 Å². The summed E-state index contributed by atoms with van der Waals surface area (Å²) < 4.78 is 25.6. The molecule has 80 valence electrons. The van der Waals surface area contributed by atoms with E-state index in [4.69, 9.17) is 5.53 Å². The van der Waals surface area contributed by atoms with Gasteiger partial charge >= 0.3 is 0 Å². The number of azide groups is 1. The zero-order valence-electron chi connectivity index (χ0n) is 7.86. The molecule has 0 unspecified atom stereocenters.